The molecule has 132 valence electrons. The Balaban J connectivity index is 2.08. The molecule has 0 bridgehead atoms. The lowest BCUT2D eigenvalue weighted by molar-refractivity contribution is -0.115. The van der Waals surface area contributed by atoms with E-state index in [4.69, 9.17) is 14.6 Å². The molecule has 1 aliphatic rings. The summed E-state index contributed by atoms with van der Waals surface area (Å²) in [6.07, 6.45) is 3.33. The van der Waals surface area contributed by atoms with Gasteiger partial charge in [0.15, 0.2) is 12.6 Å². The van der Waals surface area contributed by atoms with Crippen molar-refractivity contribution in [1.82, 2.24) is 0 Å². The quantitative estimate of drug-likeness (QED) is 0.726. The van der Waals surface area contributed by atoms with E-state index >= 15 is 0 Å². The summed E-state index contributed by atoms with van der Waals surface area (Å²) in [5.41, 5.74) is 0.607. The minimum Gasteiger partial charge on any atom is -0.497 e. The first-order chi connectivity index (χ1) is 11.6. The van der Waals surface area contributed by atoms with E-state index in [1.807, 2.05) is 6.92 Å². The van der Waals surface area contributed by atoms with Gasteiger partial charge in [-0.2, -0.15) is 11.8 Å². The van der Waals surface area contributed by atoms with E-state index in [9.17, 15) is 9.18 Å². The smallest absolute Gasteiger partial charge is 0.185 e. The van der Waals surface area contributed by atoms with E-state index in [2.05, 4.69) is 0 Å². The molecule has 2 rings (SSSR count). The number of rotatable bonds is 8. The number of methoxy groups -OCH3 is 1. The van der Waals surface area contributed by atoms with Crippen LogP contribution in [0, 0.1) is 11.7 Å². The second-order valence-electron chi connectivity index (χ2n) is 5.60. The van der Waals surface area contributed by atoms with E-state index in [0.717, 1.165) is 5.75 Å². The summed E-state index contributed by atoms with van der Waals surface area (Å²) in [5, 5.41) is 8.93. The number of aryl methyl sites for hydroxylation is 1. The molecule has 24 heavy (non-hydrogen) atoms. The van der Waals surface area contributed by atoms with Crippen molar-refractivity contribution >= 4 is 17.5 Å². The number of benzene rings is 1. The first-order valence-corrected chi connectivity index (χ1v) is 9.07. The maximum absolute atomic E-state index is 14.1. The third-order valence-electron chi connectivity index (χ3n) is 4.12. The van der Waals surface area contributed by atoms with Gasteiger partial charge in [-0.3, -0.25) is 4.79 Å². The number of carbonyl (C=O) groups excluding carboxylic acids is 1. The first-order valence-electron chi connectivity index (χ1n) is 8.02. The number of hydrogen-bond acceptors (Lipinski definition) is 5. The number of ketones is 1. The molecule has 1 aromatic carbocycles. The zero-order valence-corrected chi connectivity index (χ0v) is 14.8. The molecule has 4 nitrogen and oxygen atoms in total. The normalized spacial score (nSPS) is 20.7. The molecule has 0 saturated heterocycles. The van der Waals surface area contributed by atoms with Crippen molar-refractivity contribution in [2.45, 2.75) is 31.4 Å². The summed E-state index contributed by atoms with van der Waals surface area (Å²) in [6.45, 7) is 1.56. The van der Waals surface area contributed by atoms with E-state index < -0.39 is 6.79 Å². The lowest BCUT2D eigenvalue weighted by Gasteiger charge is -2.28. The lowest BCUT2D eigenvalue weighted by atomic mass is 9.87. The zero-order chi connectivity index (χ0) is 17.5. The highest BCUT2D eigenvalue weighted by molar-refractivity contribution is 8.00. The fraction of sp³-hybridized carbons (Fsp3) is 0.500. The van der Waals surface area contributed by atoms with Crippen LogP contribution in [-0.4, -0.2) is 35.8 Å². The second kappa shape index (κ2) is 9.08. The molecule has 1 N–H and O–H groups in total. The molecule has 2 unspecified atom stereocenters. The first kappa shape index (κ1) is 18.8. The maximum Gasteiger partial charge on any atom is 0.185 e. The van der Waals surface area contributed by atoms with Gasteiger partial charge in [0, 0.05) is 18.1 Å². The SMILES string of the molecule is CCSC1CC(CCc2ccc(OC)cc2F)C(OCO)=CC1=O. The fourth-order valence-corrected chi connectivity index (χ4v) is 3.88. The molecule has 6 heteroatoms. The van der Waals surface area contributed by atoms with Gasteiger partial charge in [-0.25, -0.2) is 4.39 Å². The third-order valence-corrected chi connectivity index (χ3v) is 5.28. The average molecular weight is 354 g/mol. The molecule has 0 amide bonds. The molecule has 0 heterocycles. The maximum atomic E-state index is 14.1. The minimum atomic E-state index is -0.460. The summed E-state index contributed by atoms with van der Waals surface area (Å²) < 4.78 is 24.3. The predicted octanol–water partition coefficient (Wildman–Crippen LogP) is 3.33. The van der Waals surface area contributed by atoms with Gasteiger partial charge in [-0.15, -0.1) is 0 Å². The van der Waals surface area contributed by atoms with Gasteiger partial charge in [-0.1, -0.05) is 13.0 Å². The van der Waals surface area contributed by atoms with Gasteiger partial charge < -0.3 is 14.6 Å². The Morgan fingerprint density at radius 2 is 2.21 bits per heavy atom. The summed E-state index contributed by atoms with van der Waals surface area (Å²) in [4.78, 5) is 12.1. The van der Waals surface area contributed by atoms with Crippen LogP contribution in [0.2, 0.25) is 0 Å². The highest BCUT2D eigenvalue weighted by Crippen LogP contribution is 2.34. The van der Waals surface area contributed by atoms with Crippen molar-refractivity contribution < 1.29 is 23.8 Å². The average Bonchev–Trinajstić information content (AvgIpc) is 2.57. The van der Waals surface area contributed by atoms with Gasteiger partial charge in [0.1, 0.15) is 17.3 Å². The predicted molar refractivity (Wildman–Crippen MR) is 92.6 cm³/mol. The largest absolute Gasteiger partial charge is 0.497 e. The molecule has 0 fully saturated rings. The summed E-state index contributed by atoms with van der Waals surface area (Å²) >= 11 is 1.61. The van der Waals surface area contributed by atoms with Crippen molar-refractivity contribution in [2.24, 2.45) is 5.92 Å². The van der Waals surface area contributed by atoms with E-state index in [-0.39, 0.29) is 22.8 Å². The second-order valence-corrected chi connectivity index (χ2v) is 7.07. The highest BCUT2D eigenvalue weighted by Gasteiger charge is 2.31. The summed E-state index contributed by atoms with van der Waals surface area (Å²) in [5.74, 6) is 1.58. The van der Waals surface area contributed by atoms with Crippen LogP contribution in [0.5, 0.6) is 5.75 Å². The van der Waals surface area contributed by atoms with Gasteiger partial charge in [0.25, 0.3) is 0 Å². The van der Waals surface area contributed by atoms with Gasteiger partial charge >= 0.3 is 0 Å². The highest BCUT2D eigenvalue weighted by atomic mass is 32.2. The topological polar surface area (TPSA) is 55.8 Å². The zero-order valence-electron chi connectivity index (χ0n) is 14.0. The summed E-state index contributed by atoms with van der Waals surface area (Å²) in [7, 11) is 1.50. The summed E-state index contributed by atoms with van der Waals surface area (Å²) in [6, 6.07) is 4.83. The Labute approximate surface area is 146 Å². The van der Waals surface area contributed by atoms with Gasteiger partial charge in [0.2, 0.25) is 0 Å². The van der Waals surface area contributed by atoms with Crippen LogP contribution in [0.15, 0.2) is 30.0 Å². The van der Waals surface area contributed by atoms with Crippen LogP contribution in [0.1, 0.15) is 25.3 Å². The van der Waals surface area contributed by atoms with Crippen LogP contribution < -0.4 is 4.74 Å². The molecular weight excluding hydrogens is 331 g/mol. The van der Waals surface area contributed by atoms with Gasteiger partial charge in [-0.05, 0) is 36.6 Å². The monoisotopic (exact) mass is 354 g/mol. The molecule has 0 radical (unpaired) electrons. The minimum absolute atomic E-state index is 0.000372. The van der Waals surface area contributed by atoms with Crippen molar-refractivity contribution in [2.75, 3.05) is 19.7 Å². The van der Waals surface area contributed by atoms with Crippen molar-refractivity contribution in [3.63, 3.8) is 0 Å². The van der Waals surface area contributed by atoms with Crippen LogP contribution >= 0.6 is 11.8 Å². The fourth-order valence-electron chi connectivity index (χ4n) is 2.87. The molecule has 0 saturated carbocycles. The van der Waals surface area contributed by atoms with Gasteiger partial charge in [0.05, 0.1) is 12.4 Å². The van der Waals surface area contributed by atoms with Crippen molar-refractivity contribution in [3.8, 4) is 5.75 Å². The van der Waals surface area contributed by atoms with E-state index in [1.165, 1.54) is 19.3 Å². The molecule has 0 aromatic heterocycles. The van der Waals surface area contributed by atoms with Crippen LogP contribution in [0.4, 0.5) is 4.39 Å². The number of aliphatic hydroxyl groups excluding tert-OH is 1. The third kappa shape index (κ3) is 4.74. The molecule has 1 aromatic rings. The van der Waals surface area contributed by atoms with Crippen LogP contribution in [0.25, 0.3) is 0 Å². The van der Waals surface area contributed by atoms with Crippen molar-refractivity contribution in [1.29, 1.82) is 0 Å². The Morgan fingerprint density at radius 3 is 2.83 bits per heavy atom. The number of halogens is 1. The Hall–Kier alpha value is -1.53. The molecule has 0 aliphatic heterocycles. The van der Waals surface area contributed by atoms with E-state index in [1.54, 1.807) is 23.9 Å². The molecule has 0 spiro atoms. The Kier molecular flexibility index (Phi) is 7.12. The number of hydrogen-bond donors (Lipinski definition) is 1. The van der Waals surface area contributed by atoms with Crippen molar-refractivity contribution in [3.05, 3.63) is 41.4 Å². The number of ether oxygens (including phenoxy) is 2. The molecular formula is C18H23FO4S. The van der Waals surface area contributed by atoms with Crippen LogP contribution in [-0.2, 0) is 16.0 Å². The van der Waals surface area contributed by atoms with Crippen LogP contribution in [0.3, 0.4) is 0 Å². The molecule has 1 aliphatic carbocycles. The number of aliphatic hydroxyl groups is 1. The number of thioether (sulfide) groups is 1. The lowest BCUT2D eigenvalue weighted by Crippen LogP contribution is -2.28. The molecule has 2 atom stereocenters. The Bertz CT molecular complexity index is 603. The number of carbonyl (C=O) groups is 1. The standard InChI is InChI=1S/C18H23FO4S/c1-3-24-18-8-13(17(23-11-20)10-16(18)21)5-4-12-6-7-14(22-2)9-15(12)19/h6-7,9-10,13,18,20H,3-5,8,11H2,1-2H3. The van der Waals surface area contributed by atoms with E-state index in [0.29, 0.717) is 36.3 Å². The number of allylic oxidation sites excluding steroid dienone is 2. The Morgan fingerprint density at radius 1 is 1.42 bits per heavy atom.